The van der Waals surface area contributed by atoms with Crippen LogP contribution in [0.15, 0.2) is 41.2 Å². The van der Waals surface area contributed by atoms with Gasteiger partial charge in [0.05, 0.1) is 21.4 Å². The van der Waals surface area contributed by atoms with Crippen LogP contribution < -0.4 is 10.9 Å². The first-order valence-electron chi connectivity index (χ1n) is 10.6. The quantitative estimate of drug-likeness (QED) is 0.359. The standard InChI is InChI=1S/C23H22N4O6/c1-14-6-8-16(12-19(14)27(31)32)24-21(28)13-33-23(30)15-7-9-17-18(11-15)25-20-5-3-2-4-10-26(20)22(17)29/h6-9,11-12H,2-5,10,13H2,1H3,(H,24,28). The van der Waals surface area contributed by atoms with E-state index in [1.807, 2.05) is 0 Å². The number of hydrogen-bond donors (Lipinski definition) is 1. The van der Waals surface area contributed by atoms with Crippen LogP contribution >= 0.6 is 0 Å². The van der Waals surface area contributed by atoms with Gasteiger partial charge in [0, 0.05) is 30.3 Å². The van der Waals surface area contributed by atoms with E-state index in [2.05, 4.69) is 10.3 Å². The molecule has 33 heavy (non-hydrogen) atoms. The van der Waals surface area contributed by atoms with Gasteiger partial charge in [-0.3, -0.25) is 24.3 Å². The molecule has 1 aliphatic heterocycles. The highest BCUT2D eigenvalue weighted by Gasteiger charge is 2.17. The number of rotatable bonds is 5. The van der Waals surface area contributed by atoms with Gasteiger partial charge in [0.15, 0.2) is 6.61 Å². The van der Waals surface area contributed by atoms with Crippen molar-refractivity contribution in [2.45, 2.75) is 39.2 Å². The Hall–Kier alpha value is -4.08. The zero-order valence-corrected chi connectivity index (χ0v) is 18.0. The highest BCUT2D eigenvalue weighted by molar-refractivity contribution is 5.97. The van der Waals surface area contributed by atoms with Crippen molar-refractivity contribution >= 4 is 34.2 Å². The molecule has 3 aromatic rings. The van der Waals surface area contributed by atoms with Gasteiger partial charge in [-0.1, -0.05) is 12.5 Å². The third kappa shape index (κ3) is 4.74. The molecule has 0 aliphatic carbocycles. The van der Waals surface area contributed by atoms with E-state index in [9.17, 15) is 24.5 Å². The summed E-state index contributed by atoms with van der Waals surface area (Å²) in [6.07, 6.45) is 3.63. The second-order valence-electron chi connectivity index (χ2n) is 7.91. The summed E-state index contributed by atoms with van der Waals surface area (Å²) in [4.78, 5) is 52.5. The van der Waals surface area contributed by atoms with Gasteiger partial charge in [-0.2, -0.15) is 0 Å². The minimum atomic E-state index is -0.737. The number of hydrogen-bond acceptors (Lipinski definition) is 7. The molecule has 0 saturated heterocycles. The molecule has 0 unspecified atom stereocenters. The van der Waals surface area contributed by atoms with E-state index in [0.29, 0.717) is 35.3 Å². The Morgan fingerprint density at radius 3 is 2.79 bits per heavy atom. The van der Waals surface area contributed by atoms with Crippen LogP contribution in [-0.4, -0.2) is 33.0 Å². The third-order valence-electron chi connectivity index (χ3n) is 5.58. The fraction of sp³-hybridized carbons (Fsp3) is 0.304. The molecule has 10 nitrogen and oxygen atoms in total. The van der Waals surface area contributed by atoms with Gasteiger partial charge in [-0.05, 0) is 44.0 Å². The Morgan fingerprint density at radius 1 is 1.18 bits per heavy atom. The molecule has 1 amide bonds. The number of aryl methyl sites for hydroxylation is 2. The van der Waals surface area contributed by atoms with E-state index >= 15 is 0 Å². The lowest BCUT2D eigenvalue weighted by molar-refractivity contribution is -0.385. The third-order valence-corrected chi connectivity index (χ3v) is 5.58. The van der Waals surface area contributed by atoms with Crippen LogP contribution in [0.4, 0.5) is 11.4 Å². The molecule has 0 saturated carbocycles. The number of esters is 1. The minimum Gasteiger partial charge on any atom is -0.452 e. The van der Waals surface area contributed by atoms with Gasteiger partial charge in [-0.15, -0.1) is 0 Å². The molecule has 170 valence electrons. The normalized spacial score (nSPS) is 13.1. The number of amides is 1. The summed E-state index contributed by atoms with van der Waals surface area (Å²) in [5.41, 5.74) is 1.03. The summed E-state index contributed by atoms with van der Waals surface area (Å²) in [5, 5.41) is 13.9. The lowest BCUT2D eigenvalue weighted by atomic mass is 10.1. The van der Waals surface area contributed by atoms with E-state index in [4.69, 9.17) is 4.74 Å². The molecular weight excluding hydrogens is 428 g/mol. The molecular formula is C23H22N4O6. The Kier molecular flexibility index (Phi) is 6.16. The highest BCUT2D eigenvalue weighted by atomic mass is 16.6. The predicted molar refractivity (Wildman–Crippen MR) is 120 cm³/mol. The van der Waals surface area contributed by atoms with Crippen molar-refractivity contribution < 1.29 is 19.2 Å². The summed E-state index contributed by atoms with van der Waals surface area (Å²) < 4.78 is 6.78. The predicted octanol–water partition coefficient (Wildman–Crippen LogP) is 3.14. The van der Waals surface area contributed by atoms with Gasteiger partial charge < -0.3 is 10.1 Å². The van der Waals surface area contributed by atoms with Crippen LogP contribution in [0.3, 0.4) is 0 Å². The van der Waals surface area contributed by atoms with E-state index in [0.717, 1.165) is 19.3 Å². The fourth-order valence-electron chi connectivity index (χ4n) is 3.84. The summed E-state index contributed by atoms with van der Waals surface area (Å²) >= 11 is 0. The van der Waals surface area contributed by atoms with Crippen molar-refractivity contribution in [1.29, 1.82) is 0 Å². The van der Waals surface area contributed by atoms with Crippen LogP contribution in [0, 0.1) is 17.0 Å². The van der Waals surface area contributed by atoms with Crippen LogP contribution in [-0.2, 0) is 22.5 Å². The maximum absolute atomic E-state index is 12.8. The van der Waals surface area contributed by atoms with Crippen molar-refractivity contribution in [2.24, 2.45) is 0 Å². The number of nitrogens with one attached hydrogen (secondary N) is 1. The fourth-order valence-corrected chi connectivity index (χ4v) is 3.84. The van der Waals surface area contributed by atoms with E-state index in [1.165, 1.54) is 30.3 Å². The van der Waals surface area contributed by atoms with Gasteiger partial charge >= 0.3 is 5.97 Å². The molecule has 0 atom stereocenters. The van der Waals surface area contributed by atoms with Gasteiger partial charge in [0.2, 0.25) is 0 Å². The number of nitro benzene ring substituents is 1. The number of carbonyl (C=O) groups is 2. The lowest BCUT2D eigenvalue weighted by Gasteiger charge is -2.11. The van der Waals surface area contributed by atoms with Gasteiger partial charge in [0.1, 0.15) is 5.82 Å². The second kappa shape index (κ2) is 9.19. The molecule has 1 aromatic heterocycles. The van der Waals surface area contributed by atoms with Gasteiger partial charge in [0.25, 0.3) is 17.2 Å². The Labute approximate surface area is 188 Å². The summed E-state index contributed by atoms with van der Waals surface area (Å²) in [7, 11) is 0. The smallest absolute Gasteiger partial charge is 0.338 e. The summed E-state index contributed by atoms with van der Waals surface area (Å²) in [6.45, 7) is 1.66. The van der Waals surface area contributed by atoms with Crippen molar-refractivity contribution in [2.75, 3.05) is 11.9 Å². The average Bonchev–Trinajstić information content (AvgIpc) is 3.04. The molecule has 1 aliphatic rings. The number of ether oxygens (including phenoxy) is 1. The number of carbonyl (C=O) groups excluding carboxylic acids is 2. The van der Waals surface area contributed by atoms with Crippen LogP contribution in [0.5, 0.6) is 0 Å². The molecule has 10 heteroatoms. The molecule has 0 radical (unpaired) electrons. The van der Waals surface area contributed by atoms with Crippen LogP contribution in [0.25, 0.3) is 10.9 Å². The Balaban J connectivity index is 1.45. The molecule has 2 aromatic carbocycles. The van der Waals surface area contributed by atoms with E-state index in [-0.39, 0.29) is 22.5 Å². The first-order chi connectivity index (χ1) is 15.8. The lowest BCUT2D eigenvalue weighted by Crippen LogP contribution is -2.25. The molecule has 2 heterocycles. The molecule has 4 rings (SSSR count). The molecule has 0 spiro atoms. The Morgan fingerprint density at radius 2 is 2.00 bits per heavy atom. The number of aromatic nitrogens is 2. The topological polar surface area (TPSA) is 133 Å². The average molecular weight is 450 g/mol. The van der Waals surface area contributed by atoms with Crippen molar-refractivity contribution in [1.82, 2.24) is 9.55 Å². The zero-order valence-electron chi connectivity index (χ0n) is 18.0. The largest absolute Gasteiger partial charge is 0.452 e. The number of nitro groups is 1. The van der Waals surface area contributed by atoms with Crippen LogP contribution in [0.2, 0.25) is 0 Å². The van der Waals surface area contributed by atoms with Crippen LogP contribution in [0.1, 0.15) is 41.0 Å². The SMILES string of the molecule is Cc1ccc(NC(=O)COC(=O)c2ccc3c(=O)n4c(nc3c2)CCCCC4)cc1[N+](=O)[O-]. The number of anilines is 1. The summed E-state index contributed by atoms with van der Waals surface area (Å²) in [5.74, 6) is -0.662. The van der Waals surface area contributed by atoms with Gasteiger partial charge in [-0.25, -0.2) is 9.78 Å². The number of benzene rings is 2. The number of nitrogens with zero attached hydrogens (tertiary/aromatic N) is 3. The van der Waals surface area contributed by atoms with Crippen molar-refractivity contribution in [3.8, 4) is 0 Å². The minimum absolute atomic E-state index is 0.122. The molecule has 1 N–H and O–H groups in total. The van der Waals surface area contributed by atoms with Crippen molar-refractivity contribution in [3.05, 3.63) is 73.8 Å². The number of fused-ring (bicyclic) bond motifs is 2. The molecule has 0 bridgehead atoms. The summed E-state index contributed by atoms with van der Waals surface area (Å²) in [6, 6.07) is 8.80. The first-order valence-corrected chi connectivity index (χ1v) is 10.6. The highest BCUT2D eigenvalue weighted by Crippen LogP contribution is 2.22. The Bertz CT molecular complexity index is 1330. The zero-order chi connectivity index (χ0) is 23.5. The van der Waals surface area contributed by atoms with E-state index < -0.39 is 23.4 Å². The maximum atomic E-state index is 12.8. The molecule has 0 fully saturated rings. The first kappa shape index (κ1) is 22.1. The maximum Gasteiger partial charge on any atom is 0.338 e. The second-order valence-corrected chi connectivity index (χ2v) is 7.91. The monoisotopic (exact) mass is 450 g/mol. The van der Waals surface area contributed by atoms with Crippen molar-refractivity contribution in [3.63, 3.8) is 0 Å². The van der Waals surface area contributed by atoms with E-state index in [1.54, 1.807) is 17.6 Å².